The lowest BCUT2D eigenvalue weighted by Gasteiger charge is -2.13. The number of ketones is 1. The molecule has 0 N–H and O–H groups in total. The van der Waals surface area contributed by atoms with Gasteiger partial charge in [-0.1, -0.05) is 142 Å². The molecule has 3 heteroatoms. The van der Waals surface area contributed by atoms with Crippen LogP contribution < -0.4 is 0 Å². The van der Waals surface area contributed by atoms with E-state index in [9.17, 15) is 9.59 Å². The molecule has 32 heavy (non-hydrogen) atoms. The molecule has 0 aromatic rings. The predicted octanol–water partition coefficient (Wildman–Crippen LogP) is 9.36. The lowest BCUT2D eigenvalue weighted by Crippen LogP contribution is -2.25. The van der Waals surface area contributed by atoms with Gasteiger partial charge in [0.15, 0.2) is 0 Å². The third kappa shape index (κ3) is 19.8. The van der Waals surface area contributed by atoms with Gasteiger partial charge in [-0.2, -0.15) is 0 Å². The largest absolute Gasteiger partial charge is 0.468 e. The fourth-order valence-electron chi connectivity index (χ4n) is 4.53. The van der Waals surface area contributed by atoms with Crippen LogP contribution >= 0.6 is 0 Å². The molecule has 0 amide bonds. The number of rotatable bonds is 25. The van der Waals surface area contributed by atoms with E-state index in [-0.39, 0.29) is 11.8 Å². The fraction of sp³-hybridized carbons (Fsp3) is 0.931. The molecule has 0 aliphatic heterocycles. The summed E-state index contributed by atoms with van der Waals surface area (Å²) in [5.74, 6) is -0.755. The third-order valence-corrected chi connectivity index (χ3v) is 6.75. The molecule has 1 unspecified atom stereocenters. The minimum atomic E-state index is -0.530. The van der Waals surface area contributed by atoms with Crippen molar-refractivity contribution in [1.82, 2.24) is 0 Å². The highest BCUT2D eigenvalue weighted by Crippen LogP contribution is 2.19. The van der Waals surface area contributed by atoms with E-state index in [0.29, 0.717) is 12.8 Å². The summed E-state index contributed by atoms with van der Waals surface area (Å²) in [5.41, 5.74) is 0. The zero-order chi connectivity index (χ0) is 23.7. The monoisotopic (exact) mass is 452 g/mol. The maximum absolute atomic E-state index is 12.6. The van der Waals surface area contributed by atoms with Crippen LogP contribution in [-0.4, -0.2) is 18.9 Å². The number of carbonyl (C=O) groups excluding carboxylic acids is 2. The van der Waals surface area contributed by atoms with Crippen molar-refractivity contribution in [3.05, 3.63) is 0 Å². The van der Waals surface area contributed by atoms with Gasteiger partial charge in [0.2, 0.25) is 0 Å². The highest BCUT2D eigenvalue weighted by atomic mass is 16.5. The number of Topliss-reactive ketones (excluding diaryl/α,β-unsaturated/α-hetero) is 1. The van der Waals surface area contributed by atoms with Gasteiger partial charge < -0.3 is 4.74 Å². The average Bonchev–Trinajstić information content (AvgIpc) is 2.80. The Balaban J connectivity index is 3.76. The zero-order valence-corrected chi connectivity index (χ0v) is 22.1. The van der Waals surface area contributed by atoms with Crippen molar-refractivity contribution >= 4 is 11.8 Å². The highest BCUT2D eigenvalue weighted by molar-refractivity contribution is 5.98. The summed E-state index contributed by atoms with van der Waals surface area (Å²) in [5, 5.41) is 0. The number of esters is 1. The molecule has 0 rings (SSSR count). The van der Waals surface area contributed by atoms with Gasteiger partial charge in [-0.15, -0.1) is 0 Å². The number of hydrogen-bond donors (Lipinski definition) is 0. The minimum absolute atomic E-state index is 0.101. The Morgan fingerprint density at radius 1 is 0.531 bits per heavy atom. The molecule has 0 radical (unpaired) electrons. The van der Waals surface area contributed by atoms with E-state index >= 15 is 0 Å². The summed E-state index contributed by atoms with van der Waals surface area (Å²) in [7, 11) is 1.41. The number of carbonyl (C=O) groups is 2. The van der Waals surface area contributed by atoms with Crippen LogP contribution in [-0.2, 0) is 14.3 Å². The highest BCUT2D eigenvalue weighted by Gasteiger charge is 2.26. The lowest BCUT2D eigenvalue weighted by atomic mass is 9.93. The summed E-state index contributed by atoms with van der Waals surface area (Å²) in [6, 6.07) is 0. The Hall–Kier alpha value is -0.860. The second kappa shape index (κ2) is 24.8. The molecule has 0 spiro atoms. The van der Waals surface area contributed by atoms with Crippen LogP contribution in [0.3, 0.4) is 0 Å². The van der Waals surface area contributed by atoms with Crippen molar-refractivity contribution in [1.29, 1.82) is 0 Å². The van der Waals surface area contributed by atoms with Crippen molar-refractivity contribution in [2.45, 2.75) is 162 Å². The Kier molecular flexibility index (Phi) is 24.1. The fourth-order valence-corrected chi connectivity index (χ4v) is 4.53. The number of methoxy groups -OCH3 is 1. The maximum atomic E-state index is 12.6. The molecule has 0 aromatic heterocycles. The SMILES string of the molecule is CCCCCCCCCCCCCC(=O)C(CCCCCCCCCCCC)C(=O)OC. The normalized spacial score (nSPS) is 12.1. The first-order valence-electron chi connectivity index (χ1n) is 14.3. The van der Waals surface area contributed by atoms with Crippen LogP contribution in [0.15, 0.2) is 0 Å². The molecular weight excluding hydrogens is 396 g/mol. The minimum Gasteiger partial charge on any atom is -0.468 e. The molecule has 0 aliphatic carbocycles. The molecule has 190 valence electrons. The molecule has 0 aromatic carbocycles. The van der Waals surface area contributed by atoms with Gasteiger partial charge >= 0.3 is 5.97 Å². The maximum Gasteiger partial charge on any atom is 0.316 e. The third-order valence-electron chi connectivity index (χ3n) is 6.75. The van der Waals surface area contributed by atoms with Crippen LogP contribution in [0.5, 0.6) is 0 Å². The zero-order valence-electron chi connectivity index (χ0n) is 22.1. The van der Waals surface area contributed by atoms with E-state index in [0.717, 1.165) is 25.7 Å². The Labute approximate surface area is 200 Å². The summed E-state index contributed by atoms with van der Waals surface area (Å²) >= 11 is 0. The lowest BCUT2D eigenvalue weighted by molar-refractivity contribution is -0.149. The molecular formula is C29H56O3. The smallest absolute Gasteiger partial charge is 0.316 e. The predicted molar refractivity (Wildman–Crippen MR) is 138 cm³/mol. The van der Waals surface area contributed by atoms with Crippen molar-refractivity contribution in [2.24, 2.45) is 5.92 Å². The summed E-state index contributed by atoms with van der Waals surface area (Å²) in [6.45, 7) is 4.51. The molecule has 0 bridgehead atoms. The van der Waals surface area contributed by atoms with E-state index in [4.69, 9.17) is 4.74 Å². The molecule has 0 saturated carbocycles. The van der Waals surface area contributed by atoms with E-state index in [1.54, 1.807) is 0 Å². The van der Waals surface area contributed by atoms with Gasteiger partial charge in [0.05, 0.1) is 7.11 Å². The van der Waals surface area contributed by atoms with Crippen molar-refractivity contribution < 1.29 is 14.3 Å². The first-order chi connectivity index (χ1) is 15.7. The second-order valence-electron chi connectivity index (χ2n) is 9.80. The van der Waals surface area contributed by atoms with Gasteiger partial charge in [0, 0.05) is 6.42 Å². The van der Waals surface area contributed by atoms with Crippen LogP contribution in [0, 0.1) is 5.92 Å². The first-order valence-corrected chi connectivity index (χ1v) is 14.3. The van der Waals surface area contributed by atoms with E-state index in [1.165, 1.54) is 116 Å². The Bertz CT molecular complexity index is 419. The topological polar surface area (TPSA) is 43.4 Å². The van der Waals surface area contributed by atoms with Crippen LogP contribution in [0.25, 0.3) is 0 Å². The molecule has 0 saturated heterocycles. The number of ether oxygens (including phenoxy) is 1. The number of hydrogen-bond acceptors (Lipinski definition) is 3. The molecule has 3 nitrogen and oxygen atoms in total. The number of unbranched alkanes of at least 4 members (excludes halogenated alkanes) is 19. The standard InChI is InChI=1S/C29H56O3/c1-4-6-8-10-12-14-16-18-20-22-24-26-28(30)27(29(31)32-3)25-23-21-19-17-15-13-11-9-7-5-2/h27H,4-26H2,1-3H3. The summed E-state index contributed by atoms with van der Waals surface area (Å²) in [4.78, 5) is 24.7. The van der Waals surface area contributed by atoms with Crippen LogP contribution in [0.4, 0.5) is 0 Å². The van der Waals surface area contributed by atoms with Crippen LogP contribution in [0.2, 0.25) is 0 Å². The summed E-state index contributed by atoms with van der Waals surface area (Å²) in [6.07, 6.45) is 27.9. The molecule has 0 fully saturated rings. The van der Waals surface area contributed by atoms with E-state index in [1.807, 2.05) is 0 Å². The second-order valence-corrected chi connectivity index (χ2v) is 9.80. The van der Waals surface area contributed by atoms with Crippen LogP contribution in [0.1, 0.15) is 162 Å². The first kappa shape index (κ1) is 31.1. The van der Waals surface area contributed by atoms with Gasteiger partial charge in [-0.25, -0.2) is 0 Å². The van der Waals surface area contributed by atoms with Gasteiger partial charge in [0.1, 0.15) is 11.7 Å². The Morgan fingerprint density at radius 3 is 1.25 bits per heavy atom. The van der Waals surface area contributed by atoms with Crippen molar-refractivity contribution in [2.75, 3.05) is 7.11 Å². The summed E-state index contributed by atoms with van der Waals surface area (Å²) < 4.78 is 4.92. The quantitative estimate of drug-likeness (QED) is 0.0787. The van der Waals surface area contributed by atoms with Gasteiger partial charge in [0.25, 0.3) is 0 Å². The Morgan fingerprint density at radius 2 is 0.875 bits per heavy atom. The van der Waals surface area contributed by atoms with Crippen molar-refractivity contribution in [3.63, 3.8) is 0 Å². The van der Waals surface area contributed by atoms with Crippen molar-refractivity contribution in [3.8, 4) is 0 Å². The van der Waals surface area contributed by atoms with Gasteiger partial charge in [-0.3, -0.25) is 9.59 Å². The molecule has 0 aliphatic rings. The molecule has 1 atom stereocenters. The van der Waals surface area contributed by atoms with E-state index in [2.05, 4.69) is 13.8 Å². The van der Waals surface area contributed by atoms with E-state index < -0.39 is 5.92 Å². The average molecular weight is 453 g/mol. The molecule has 0 heterocycles. The van der Waals surface area contributed by atoms with Gasteiger partial charge in [-0.05, 0) is 12.8 Å².